The summed E-state index contributed by atoms with van der Waals surface area (Å²) in [7, 11) is 0. The normalized spacial score (nSPS) is 27.8. The Hall–Kier alpha value is -1.55. The third kappa shape index (κ3) is 2.91. The van der Waals surface area contributed by atoms with Gasteiger partial charge in [-0.1, -0.05) is 15.9 Å². The van der Waals surface area contributed by atoms with E-state index in [1.165, 1.54) is 11.2 Å². The number of rotatable bonds is 3. The van der Waals surface area contributed by atoms with E-state index >= 15 is 0 Å². The van der Waals surface area contributed by atoms with Crippen molar-refractivity contribution in [1.29, 1.82) is 0 Å². The zero-order valence-corrected chi connectivity index (χ0v) is 12.3. The van der Waals surface area contributed by atoms with Crippen molar-refractivity contribution in [2.75, 3.05) is 12.3 Å². The van der Waals surface area contributed by atoms with Gasteiger partial charge in [0.25, 0.3) is 0 Å². The van der Waals surface area contributed by atoms with Crippen LogP contribution in [0.5, 0.6) is 0 Å². The molecule has 0 aromatic carbocycles. The highest BCUT2D eigenvalue weighted by Crippen LogP contribution is 2.33. The van der Waals surface area contributed by atoms with Gasteiger partial charge in [0.05, 0.1) is 12.9 Å². The van der Waals surface area contributed by atoms with Gasteiger partial charge in [-0.05, 0) is 11.1 Å². The molecule has 0 saturated carbocycles. The molecule has 1 fully saturated rings. The molecule has 4 N–H and O–H groups in total. The molecule has 114 valence electrons. The minimum absolute atomic E-state index is 0.00924. The van der Waals surface area contributed by atoms with Gasteiger partial charge in [0.15, 0.2) is 6.23 Å². The number of aliphatic hydroxyl groups excluding tert-OH is 2. The summed E-state index contributed by atoms with van der Waals surface area (Å²) in [6.45, 7) is -0.514. The standard InChI is InChI=1S/C12H13BrFN3O4/c13-2-1-6-4-17(12(20)16-10(6)15)11-7(3-14)9(19)8(5-18)21-11/h1-4,8-9,11,18-19H,5H2,(H2,15,16,20)/b2-1+,7-3+. The highest BCUT2D eigenvalue weighted by Gasteiger charge is 2.40. The Balaban J connectivity index is 2.51. The van der Waals surface area contributed by atoms with Crippen LogP contribution in [0.25, 0.3) is 6.08 Å². The van der Waals surface area contributed by atoms with Gasteiger partial charge in [-0.15, -0.1) is 0 Å². The maximum absolute atomic E-state index is 13.0. The molecule has 3 unspecified atom stereocenters. The lowest BCUT2D eigenvalue weighted by molar-refractivity contribution is -0.0447. The van der Waals surface area contributed by atoms with Gasteiger partial charge in [-0.3, -0.25) is 4.57 Å². The average Bonchev–Trinajstić information content (AvgIpc) is 2.78. The lowest BCUT2D eigenvalue weighted by atomic mass is 10.1. The van der Waals surface area contributed by atoms with E-state index in [2.05, 4.69) is 20.9 Å². The minimum atomic E-state index is -1.34. The van der Waals surface area contributed by atoms with Gasteiger partial charge in [0.1, 0.15) is 18.0 Å². The van der Waals surface area contributed by atoms with Crippen LogP contribution in [0, 0.1) is 0 Å². The molecule has 3 atom stereocenters. The molecule has 2 rings (SSSR count). The van der Waals surface area contributed by atoms with Crippen molar-refractivity contribution in [2.24, 2.45) is 0 Å². The molecule has 0 radical (unpaired) electrons. The summed E-state index contributed by atoms with van der Waals surface area (Å²) in [6, 6.07) is 0. The van der Waals surface area contributed by atoms with Crippen LogP contribution in [0.3, 0.4) is 0 Å². The highest BCUT2D eigenvalue weighted by atomic mass is 79.9. The second-order valence-electron chi connectivity index (χ2n) is 4.33. The Morgan fingerprint density at radius 1 is 1.62 bits per heavy atom. The second kappa shape index (κ2) is 6.48. The number of hydrogen-bond acceptors (Lipinski definition) is 6. The number of aromatic nitrogens is 2. The van der Waals surface area contributed by atoms with Crippen molar-refractivity contribution in [3.63, 3.8) is 0 Å². The first kappa shape index (κ1) is 15.8. The van der Waals surface area contributed by atoms with E-state index in [1.54, 1.807) is 6.08 Å². The largest absolute Gasteiger partial charge is 0.394 e. The third-order valence-electron chi connectivity index (χ3n) is 3.09. The Labute approximate surface area is 127 Å². The highest BCUT2D eigenvalue weighted by molar-refractivity contribution is 9.11. The summed E-state index contributed by atoms with van der Waals surface area (Å²) in [4.78, 5) is 17.0. The fourth-order valence-electron chi connectivity index (χ4n) is 2.03. The number of aliphatic hydroxyl groups is 2. The van der Waals surface area contributed by atoms with Crippen molar-refractivity contribution >= 4 is 27.8 Å². The summed E-state index contributed by atoms with van der Waals surface area (Å²) < 4.78 is 19.3. The van der Waals surface area contributed by atoms with Crippen LogP contribution < -0.4 is 11.4 Å². The van der Waals surface area contributed by atoms with Crippen LogP contribution in [0.1, 0.15) is 11.8 Å². The molecule has 1 aromatic rings. The topological polar surface area (TPSA) is 111 Å². The number of nitrogen functional groups attached to an aromatic ring is 1. The molecular formula is C12H13BrFN3O4. The summed E-state index contributed by atoms with van der Waals surface area (Å²) in [5.74, 6) is 0.00924. The van der Waals surface area contributed by atoms with Crippen molar-refractivity contribution in [1.82, 2.24) is 9.55 Å². The number of nitrogens with zero attached hydrogens (tertiary/aromatic N) is 2. The molecular weight excluding hydrogens is 349 g/mol. The Morgan fingerprint density at radius 2 is 2.33 bits per heavy atom. The first-order valence-electron chi connectivity index (χ1n) is 5.93. The summed E-state index contributed by atoms with van der Waals surface area (Å²) >= 11 is 3.08. The molecule has 9 heteroatoms. The first-order chi connectivity index (χ1) is 10.0. The maximum atomic E-state index is 13.0. The third-order valence-corrected chi connectivity index (χ3v) is 3.36. The first-order valence-corrected chi connectivity index (χ1v) is 6.85. The van der Waals surface area contributed by atoms with Crippen LogP contribution in [0.15, 0.2) is 27.9 Å². The van der Waals surface area contributed by atoms with Gasteiger partial charge < -0.3 is 20.7 Å². The lowest BCUT2D eigenvalue weighted by Crippen LogP contribution is -2.29. The van der Waals surface area contributed by atoms with Gasteiger partial charge in [0.2, 0.25) is 0 Å². The average molecular weight is 362 g/mol. The number of hydrogen-bond donors (Lipinski definition) is 3. The van der Waals surface area contributed by atoms with Crippen LogP contribution in [-0.2, 0) is 4.74 Å². The molecule has 1 aliphatic rings. The predicted molar refractivity (Wildman–Crippen MR) is 77.1 cm³/mol. The van der Waals surface area contributed by atoms with E-state index in [1.807, 2.05) is 0 Å². The van der Waals surface area contributed by atoms with E-state index < -0.39 is 30.7 Å². The number of nitrogens with two attached hydrogens (primary N) is 1. The molecule has 2 heterocycles. The zero-order chi connectivity index (χ0) is 15.6. The fourth-order valence-corrected chi connectivity index (χ4v) is 2.31. The summed E-state index contributed by atoms with van der Waals surface area (Å²) in [5.41, 5.74) is 5.09. The van der Waals surface area contributed by atoms with Crippen molar-refractivity contribution in [3.05, 3.63) is 39.1 Å². The van der Waals surface area contributed by atoms with Crippen LogP contribution in [0.4, 0.5) is 10.2 Å². The van der Waals surface area contributed by atoms with Crippen molar-refractivity contribution in [3.8, 4) is 0 Å². The number of anilines is 1. The lowest BCUT2D eigenvalue weighted by Gasteiger charge is -2.16. The van der Waals surface area contributed by atoms with Crippen LogP contribution in [0.2, 0.25) is 0 Å². The smallest absolute Gasteiger partial charge is 0.351 e. The van der Waals surface area contributed by atoms with Crippen molar-refractivity contribution in [2.45, 2.75) is 18.4 Å². The summed E-state index contributed by atoms with van der Waals surface area (Å²) in [5, 5.41) is 18.9. The van der Waals surface area contributed by atoms with Gasteiger partial charge in [-0.25, -0.2) is 9.18 Å². The molecule has 1 aliphatic heterocycles. The molecule has 0 aliphatic carbocycles. The summed E-state index contributed by atoms with van der Waals surface area (Å²) in [6.07, 6.45) is -0.505. The van der Waals surface area contributed by atoms with Gasteiger partial charge >= 0.3 is 5.69 Å². The molecule has 1 saturated heterocycles. The minimum Gasteiger partial charge on any atom is -0.394 e. The molecule has 0 amide bonds. The van der Waals surface area contributed by atoms with Gasteiger partial charge in [-0.2, -0.15) is 4.98 Å². The van der Waals surface area contributed by atoms with E-state index in [9.17, 15) is 14.3 Å². The molecule has 7 nitrogen and oxygen atoms in total. The quantitative estimate of drug-likeness (QED) is 0.713. The molecule has 0 bridgehead atoms. The molecule has 21 heavy (non-hydrogen) atoms. The van der Waals surface area contributed by atoms with Crippen LogP contribution >= 0.6 is 15.9 Å². The maximum Gasteiger partial charge on any atom is 0.351 e. The monoisotopic (exact) mass is 361 g/mol. The number of halogens is 2. The van der Waals surface area contributed by atoms with E-state index in [0.717, 1.165) is 4.57 Å². The van der Waals surface area contributed by atoms with E-state index in [0.29, 0.717) is 5.56 Å². The van der Waals surface area contributed by atoms with Gasteiger partial charge in [0, 0.05) is 17.3 Å². The SMILES string of the molecule is Nc1nc(=O)n(C2OC(CO)C(O)/C2=C\F)cc1/C=C/Br. The van der Waals surface area contributed by atoms with E-state index in [4.69, 9.17) is 15.6 Å². The Morgan fingerprint density at radius 3 is 2.90 bits per heavy atom. The zero-order valence-electron chi connectivity index (χ0n) is 10.7. The van der Waals surface area contributed by atoms with E-state index in [-0.39, 0.29) is 17.7 Å². The molecule has 0 spiro atoms. The number of ether oxygens (including phenoxy) is 1. The fraction of sp³-hybridized carbons (Fsp3) is 0.333. The predicted octanol–water partition coefficient (Wildman–Crippen LogP) is 0.295. The molecule has 1 aromatic heterocycles. The second-order valence-corrected chi connectivity index (χ2v) is 4.86. The van der Waals surface area contributed by atoms with Crippen molar-refractivity contribution < 1.29 is 19.3 Å². The Kier molecular flexibility index (Phi) is 4.88. The van der Waals surface area contributed by atoms with Crippen LogP contribution in [-0.4, -0.2) is 38.6 Å². The Bertz CT molecular complexity index is 646.